The summed E-state index contributed by atoms with van der Waals surface area (Å²) < 4.78 is 0. The number of hydrogen-bond acceptors (Lipinski definition) is 4. The van der Waals surface area contributed by atoms with Crippen LogP contribution in [0.15, 0.2) is 79.1 Å². The largest absolute Gasteiger partial charge is 0.362 e. The molecule has 0 bridgehead atoms. The molecule has 1 aromatic heterocycles. The quantitative estimate of drug-likeness (QED) is 0.552. The zero-order chi connectivity index (χ0) is 15.2. The van der Waals surface area contributed by atoms with E-state index < -0.39 is 0 Å². The number of carbonyl (C=O) groups is 1. The molecule has 0 aliphatic rings. The Morgan fingerprint density at radius 1 is 1.00 bits per heavy atom. The number of aromatic nitrogens is 1. The number of benzene rings is 2. The maximum absolute atomic E-state index is 12.1. The van der Waals surface area contributed by atoms with Crippen LogP contribution in [-0.2, 0) is 0 Å². The second-order valence-electron chi connectivity index (χ2n) is 4.60. The Labute approximate surface area is 133 Å². The van der Waals surface area contributed by atoms with E-state index in [0.717, 1.165) is 16.3 Å². The van der Waals surface area contributed by atoms with Gasteiger partial charge in [0, 0.05) is 29.7 Å². The molecule has 0 amide bonds. The lowest BCUT2D eigenvalue weighted by molar-refractivity contribution is 0.105. The maximum atomic E-state index is 12.1. The summed E-state index contributed by atoms with van der Waals surface area (Å²) in [5, 5.41) is 3.92. The van der Waals surface area contributed by atoms with Gasteiger partial charge in [-0.2, -0.15) is 0 Å². The molecule has 0 radical (unpaired) electrons. The summed E-state index contributed by atoms with van der Waals surface area (Å²) in [6, 6.07) is 19.6. The van der Waals surface area contributed by atoms with Gasteiger partial charge in [-0.1, -0.05) is 48.5 Å². The number of carbonyl (C=O) groups excluding carboxylic acids is 1. The van der Waals surface area contributed by atoms with E-state index in [1.165, 1.54) is 17.4 Å². The predicted molar refractivity (Wildman–Crippen MR) is 91.1 cm³/mol. The van der Waals surface area contributed by atoms with E-state index >= 15 is 0 Å². The molecule has 0 fully saturated rings. The van der Waals surface area contributed by atoms with Crippen molar-refractivity contribution in [3.8, 4) is 10.6 Å². The normalized spacial score (nSPS) is 10.7. The number of rotatable bonds is 5. The number of anilines is 1. The Bertz CT molecular complexity index is 779. The summed E-state index contributed by atoms with van der Waals surface area (Å²) in [5.74, 6) is -0.0527. The molecular formula is C18H14N2OS. The average molecular weight is 306 g/mol. The fraction of sp³-hybridized carbons (Fsp3) is 0. The Hall–Kier alpha value is -2.72. The monoisotopic (exact) mass is 306 g/mol. The van der Waals surface area contributed by atoms with Gasteiger partial charge in [0.2, 0.25) is 0 Å². The molecule has 22 heavy (non-hydrogen) atoms. The Morgan fingerprint density at radius 2 is 1.68 bits per heavy atom. The summed E-state index contributed by atoms with van der Waals surface area (Å²) in [7, 11) is 0. The Morgan fingerprint density at radius 3 is 2.41 bits per heavy atom. The number of allylic oxidation sites excluding steroid dienone is 1. The molecular weight excluding hydrogens is 292 g/mol. The number of hydrogen-bond donors (Lipinski definition) is 1. The number of para-hydroxylation sites is 1. The first-order valence-corrected chi connectivity index (χ1v) is 7.68. The van der Waals surface area contributed by atoms with Gasteiger partial charge in [0.05, 0.1) is 4.88 Å². The molecule has 0 unspecified atom stereocenters. The molecule has 3 rings (SSSR count). The third-order valence-electron chi connectivity index (χ3n) is 3.03. The van der Waals surface area contributed by atoms with Crippen LogP contribution >= 0.6 is 11.3 Å². The molecule has 0 saturated carbocycles. The first-order valence-electron chi connectivity index (χ1n) is 6.86. The van der Waals surface area contributed by atoms with Gasteiger partial charge >= 0.3 is 0 Å². The lowest BCUT2D eigenvalue weighted by Gasteiger charge is -1.98. The third-order valence-corrected chi connectivity index (χ3v) is 4.09. The lowest BCUT2D eigenvalue weighted by atomic mass is 10.2. The summed E-state index contributed by atoms with van der Waals surface area (Å²) in [5.41, 5.74) is 1.97. The molecule has 0 aliphatic carbocycles. The number of nitrogens with one attached hydrogen (secondary N) is 1. The molecule has 3 aromatic rings. The highest BCUT2D eigenvalue weighted by atomic mass is 32.1. The molecule has 3 nitrogen and oxygen atoms in total. The highest BCUT2D eigenvalue weighted by Crippen LogP contribution is 2.25. The van der Waals surface area contributed by atoms with Crippen molar-refractivity contribution in [1.29, 1.82) is 0 Å². The van der Waals surface area contributed by atoms with Gasteiger partial charge in [-0.3, -0.25) is 4.79 Å². The van der Waals surface area contributed by atoms with Crippen molar-refractivity contribution >= 4 is 22.8 Å². The minimum atomic E-state index is -0.0527. The van der Waals surface area contributed by atoms with Crippen LogP contribution in [0.3, 0.4) is 0 Å². The van der Waals surface area contributed by atoms with Crippen molar-refractivity contribution < 1.29 is 4.79 Å². The molecule has 4 heteroatoms. The van der Waals surface area contributed by atoms with Gasteiger partial charge in [0.25, 0.3) is 0 Å². The van der Waals surface area contributed by atoms with Crippen LogP contribution < -0.4 is 5.32 Å². The second kappa shape index (κ2) is 6.83. The van der Waals surface area contributed by atoms with E-state index in [9.17, 15) is 4.79 Å². The van der Waals surface area contributed by atoms with Crippen LogP contribution in [0, 0.1) is 0 Å². The first-order chi connectivity index (χ1) is 10.8. The highest BCUT2D eigenvalue weighted by molar-refractivity contribution is 7.17. The third kappa shape index (κ3) is 3.48. The van der Waals surface area contributed by atoms with Crippen molar-refractivity contribution in [2.75, 3.05) is 5.32 Å². The molecule has 108 valence electrons. The van der Waals surface area contributed by atoms with E-state index in [1.807, 2.05) is 60.7 Å². The summed E-state index contributed by atoms with van der Waals surface area (Å²) in [4.78, 5) is 17.1. The van der Waals surface area contributed by atoms with Crippen LogP contribution in [0.4, 0.5) is 5.69 Å². The minimum Gasteiger partial charge on any atom is -0.362 e. The van der Waals surface area contributed by atoms with E-state index in [0.29, 0.717) is 4.88 Å². The van der Waals surface area contributed by atoms with Crippen LogP contribution in [0.1, 0.15) is 9.67 Å². The number of thiazole rings is 1. The fourth-order valence-electron chi connectivity index (χ4n) is 1.93. The SMILES string of the molecule is O=C(/C=C/Nc1ccccc1)c1cnc(-c2ccccc2)s1. The molecule has 1 N–H and O–H groups in total. The number of ketones is 1. The fourth-order valence-corrected chi connectivity index (χ4v) is 2.77. The van der Waals surface area contributed by atoms with Crippen LogP contribution in [-0.4, -0.2) is 10.8 Å². The second-order valence-corrected chi connectivity index (χ2v) is 5.63. The van der Waals surface area contributed by atoms with Crippen molar-refractivity contribution in [2.45, 2.75) is 0 Å². The first kappa shape index (κ1) is 14.2. The van der Waals surface area contributed by atoms with E-state index in [2.05, 4.69) is 10.3 Å². The Balaban J connectivity index is 1.67. The summed E-state index contributed by atoms with van der Waals surface area (Å²) in [6.07, 6.45) is 4.80. The van der Waals surface area contributed by atoms with E-state index in [-0.39, 0.29) is 5.78 Å². The molecule has 0 saturated heterocycles. The molecule has 2 aromatic carbocycles. The molecule has 0 atom stereocenters. The lowest BCUT2D eigenvalue weighted by Crippen LogP contribution is -1.93. The topological polar surface area (TPSA) is 42.0 Å². The zero-order valence-corrected chi connectivity index (χ0v) is 12.6. The molecule has 1 heterocycles. The van der Waals surface area contributed by atoms with Gasteiger partial charge in [-0.05, 0) is 12.1 Å². The van der Waals surface area contributed by atoms with Gasteiger partial charge in [0.1, 0.15) is 5.01 Å². The predicted octanol–water partition coefficient (Wildman–Crippen LogP) is 4.62. The van der Waals surface area contributed by atoms with Crippen molar-refractivity contribution in [2.24, 2.45) is 0 Å². The summed E-state index contributed by atoms with van der Waals surface area (Å²) >= 11 is 1.40. The van der Waals surface area contributed by atoms with Crippen LogP contribution in [0.2, 0.25) is 0 Å². The van der Waals surface area contributed by atoms with Gasteiger partial charge in [-0.15, -0.1) is 11.3 Å². The molecule has 0 spiro atoms. The smallest absolute Gasteiger partial charge is 0.198 e. The Kier molecular flexibility index (Phi) is 4.41. The van der Waals surface area contributed by atoms with Crippen molar-refractivity contribution in [1.82, 2.24) is 4.98 Å². The average Bonchev–Trinajstić information content (AvgIpc) is 3.07. The van der Waals surface area contributed by atoms with Gasteiger partial charge in [-0.25, -0.2) is 4.98 Å². The van der Waals surface area contributed by atoms with E-state index in [4.69, 9.17) is 0 Å². The standard InChI is InChI=1S/C18H14N2OS/c21-16(11-12-19-15-9-5-2-6-10-15)17-13-20-18(22-17)14-7-3-1-4-8-14/h1-13,19H/b12-11+. The van der Waals surface area contributed by atoms with Gasteiger partial charge in [0.15, 0.2) is 5.78 Å². The zero-order valence-electron chi connectivity index (χ0n) is 11.8. The maximum Gasteiger partial charge on any atom is 0.198 e. The number of nitrogens with zero attached hydrogens (tertiary/aromatic N) is 1. The van der Waals surface area contributed by atoms with Gasteiger partial charge < -0.3 is 5.32 Å². The minimum absolute atomic E-state index is 0.0527. The van der Waals surface area contributed by atoms with E-state index in [1.54, 1.807) is 12.4 Å². The van der Waals surface area contributed by atoms with Crippen LogP contribution in [0.25, 0.3) is 10.6 Å². The molecule has 0 aliphatic heterocycles. The van der Waals surface area contributed by atoms with Crippen LogP contribution in [0.5, 0.6) is 0 Å². The summed E-state index contributed by atoms with van der Waals surface area (Å²) in [6.45, 7) is 0. The van der Waals surface area contributed by atoms with Crippen molar-refractivity contribution in [3.05, 3.63) is 84.0 Å². The highest BCUT2D eigenvalue weighted by Gasteiger charge is 2.08. The van der Waals surface area contributed by atoms with Crippen molar-refractivity contribution in [3.63, 3.8) is 0 Å².